The van der Waals surface area contributed by atoms with Crippen molar-refractivity contribution in [3.63, 3.8) is 0 Å². The van der Waals surface area contributed by atoms with Crippen LogP contribution in [-0.2, 0) is 4.79 Å². The van der Waals surface area contributed by atoms with E-state index in [1.165, 1.54) is 44.9 Å². The average Bonchev–Trinajstić information content (AvgIpc) is 2.79. The zero-order valence-corrected chi connectivity index (χ0v) is 13.8. The maximum Gasteiger partial charge on any atom is 0.236 e. The number of hydrogen-bond acceptors (Lipinski definition) is 3. The molecule has 2 rings (SSSR count). The Balaban J connectivity index is 2.00. The van der Waals surface area contributed by atoms with Gasteiger partial charge in [0.25, 0.3) is 0 Å². The van der Waals surface area contributed by atoms with Crippen LogP contribution in [0.15, 0.2) is 0 Å². The molecule has 1 saturated carbocycles. The van der Waals surface area contributed by atoms with Crippen LogP contribution < -0.4 is 5.73 Å². The highest BCUT2D eigenvalue weighted by atomic mass is 16.2. The Hall–Kier alpha value is -0.610. The third-order valence-electron chi connectivity index (χ3n) is 5.50. The van der Waals surface area contributed by atoms with E-state index < -0.39 is 0 Å². The summed E-state index contributed by atoms with van der Waals surface area (Å²) < 4.78 is 0. The molecule has 4 nitrogen and oxygen atoms in total. The van der Waals surface area contributed by atoms with Gasteiger partial charge in [0.2, 0.25) is 5.91 Å². The van der Waals surface area contributed by atoms with E-state index in [1.54, 1.807) is 0 Å². The number of carbonyl (C=O) groups excluding carboxylic acids is 1. The molecule has 0 atom stereocenters. The molecular weight excluding hydrogens is 262 g/mol. The van der Waals surface area contributed by atoms with E-state index in [-0.39, 0.29) is 5.54 Å². The van der Waals surface area contributed by atoms with E-state index >= 15 is 0 Å². The van der Waals surface area contributed by atoms with E-state index in [1.807, 2.05) is 0 Å². The second kappa shape index (κ2) is 8.14. The van der Waals surface area contributed by atoms with Crippen molar-refractivity contribution in [2.45, 2.75) is 70.3 Å². The molecular formula is C17H33N3O. The predicted octanol–water partition coefficient (Wildman–Crippen LogP) is 2.37. The topological polar surface area (TPSA) is 49.6 Å². The molecule has 0 radical (unpaired) electrons. The minimum absolute atomic E-state index is 0.0662. The van der Waals surface area contributed by atoms with Gasteiger partial charge in [-0.05, 0) is 38.6 Å². The molecule has 2 fully saturated rings. The van der Waals surface area contributed by atoms with Crippen molar-refractivity contribution in [3.05, 3.63) is 0 Å². The minimum atomic E-state index is 0.0662. The number of likely N-dealkylation sites (tertiary alicyclic amines) is 1. The molecule has 1 amide bonds. The van der Waals surface area contributed by atoms with Crippen LogP contribution >= 0.6 is 0 Å². The molecule has 0 aromatic rings. The Bertz CT molecular complexity index is 318. The van der Waals surface area contributed by atoms with Gasteiger partial charge in [-0.15, -0.1) is 0 Å². The molecule has 122 valence electrons. The maximum atomic E-state index is 12.6. The molecule has 2 aliphatic rings. The summed E-state index contributed by atoms with van der Waals surface area (Å²) in [6, 6.07) is 0. The second-order valence-corrected chi connectivity index (χ2v) is 6.80. The molecule has 0 aromatic heterocycles. The standard InChI is InChI=1S/C17H33N3O/c1-2-20(14-16(21)19-12-8-5-9-13-19)17(15-18)10-6-3-4-7-11-17/h2-15,18H2,1H3. The van der Waals surface area contributed by atoms with Crippen molar-refractivity contribution in [2.75, 3.05) is 32.7 Å². The SMILES string of the molecule is CCN(CC(=O)N1CCCCC1)C1(CN)CCCCCC1. The van der Waals surface area contributed by atoms with E-state index in [2.05, 4.69) is 16.7 Å². The Labute approximate surface area is 130 Å². The number of nitrogens with two attached hydrogens (primary N) is 1. The summed E-state index contributed by atoms with van der Waals surface area (Å²) in [6.45, 7) is 6.25. The van der Waals surface area contributed by atoms with Gasteiger partial charge in [-0.1, -0.05) is 32.6 Å². The van der Waals surface area contributed by atoms with Gasteiger partial charge in [-0.3, -0.25) is 9.69 Å². The van der Waals surface area contributed by atoms with Crippen molar-refractivity contribution < 1.29 is 4.79 Å². The van der Waals surface area contributed by atoms with E-state index in [4.69, 9.17) is 5.73 Å². The summed E-state index contributed by atoms with van der Waals surface area (Å²) in [6.07, 6.45) is 11.1. The van der Waals surface area contributed by atoms with E-state index in [9.17, 15) is 4.79 Å². The smallest absolute Gasteiger partial charge is 0.236 e. The molecule has 2 N–H and O–H groups in total. The summed E-state index contributed by atoms with van der Waals surface area (Å²) in [5.74, 6) is 0.314. The summed E-state index contributed by atoms with van der Waals surface area (Å²) in [5, 5.41) is 0. The fraction of sp³-hybridized carbons (Fsp3) is 0.941. The summed E-state index contributed by atoms with van der Waals surface area (Å²) in [4.78, 5) is 17.0. The van der Waals surface area contributed by atoms with E-state index in [0.29, 0.717) is 19.0 Å². The normalized spacial score (nSPS) is 23.1. The highest BCUT2D eigenvalue weighted by molar-refractivity contribution is 5.78. The number of likely N-dealkylation sites (N-methyl/N-ethyl adjacent to an activating group) is 1. The lowest BCUT2D eigenvalue weighted by Gasteiger charge is -2.43. The first kappa shape index (κ1) is 16.8. The fourth-order valence-electron chi connectivity index (χ4n) is 4.06. The number of piperidine rings is 1. The number of amides is 1. The van der Waals surface area contributed by atoms with Crippen LogP contribution in [0, 0.1) is 0 Å². The number of hydrogen-bond donors (Lipinski definition) is 1. The number of carbonyl (C=O) groups is 1. The van der Waals surface area contributed by atoms with Crippen LogP contribution in [0.5, 0.6) is 0 Å². The molecule has 21 heavy (non-hydrogen) atoms. The van der Waals surface area contributed by atoms with Gasteiger partial charge in [-0.25, -0.2) is 0 Å². The lowest BCUT2D eigenvalue weighted by Crippen LogP contribution is -2.56. The van der Waals surface area contributed by atoms with Crippen LogP contribution in [0.2, 0.25) is 0 Å². The van der Waals surface area contributed by atoms with Crippen LogP contribution in [-0.4, -0.2) is 54.0 Å². The van der Waals surface area contributed by atoms with Crippen LogP contribution in [0.1, 0.15) is 64.7 Å². The quantitative estimate of drug-likeness (QED) is 0.792. The fourth-order valence-corrected chi connectivity index (χ4v) is 4.06. The summed E-state index contributed by atoms with van der Waals surface area (Å²) in [5.41, 5.74) is 6.24. The van der Waals surface area contributed by atoms with Gasteiger partial charge in [-0.2, -0.15) is 0 Å². The van der Waals surface area contributed by atoms with Gasteiger partial charge in [0.05, 0.1) is 6.54 Å². The highest BCUT2D eigenvalue weighted by Gasteiger charge is 2.36. The number of rotatable bonds is 5. The summed E-state index contributed by atoms with van der Waals surface area (Å²) >= 11 is 0. The van der Waals surface area contributed by atoms with Gasteiger partial charge in [0.1, 0.15) is 0 Å². The van der Waals surface area contributed by atoms with E-state index in [0.717, 1.165) is 32.5 Å². The van der Waals surface area contributed by atoms with Crippen LogP contribution in [0.25, 0.3) is 0 Å². The molecule has 4 heteroatoms. The van der Waals surface area contributed by atoms with Crippen molar-refractivity contribution in [1.82, 2.24) is 9.80 Å². The first-order chi connectivity index (χ1) is 10.2. The Kier molecular flexibility index (Phi) is 6.49. The lowest BCUT2D eigenvalue weighted by atomic mass is 9.88. The Morgan fingerprint density at radius 3 is 2.14 bits per heavy atom. The first-order valence-electron chi connectivity index (χ1n) is 8.95. The molecule has 1 saturated heterocycles. The van der Waals surface area contributed by atoms with Crippen LogP contribution in [0.4, 0.5) is 0 Å². The molecule has 0 spiro atoms. The molecule has 1 aliphatic heterocycles. The van der Waals surface area contributed by atoms with Crippen molar-refractivity contribution in [3.8, 4) is 0 Å². The van der Waals surface area contributed by atoms with Gasteiger partial charge >= 0.3 is 0 Å². The predicted molar refractivity (Wildman–Crippen MR) is 87.2 cm³/mol. The zero-order chi connectivity index (χ0) is 15.1. The van der Waals surface area contributed by atoms with Crippen molar-refractivity contribution in [2.24, 2.45) is 5.73 Å². The molecule has 0 aromatic carbocycles. The Morgan fingerprint density at radius 1 is 1.05 bits per heavy atom. The average molecular weight is 295 g/mol. The first-order valence-corrected chi connectivity index (χ1v) is 8.95. The van der Waals surface area contributed by atoms with Gasteiger partial charge < -0.3 is 10.6 Å². The number of nitrogens with zero attached hydrogens (tertiary/aromatic N) is 2. The van der Waals surface area contributed by atoms with Crippen molar-refractivity contribution in [1.29, 1.82) is 0 Å². The zero-order valence-electron chi connectivity index (χ0n) is 13.8. The third-order valence-corrected chi connectivity index (χ3v) is 5.50. The Morgan fingerprint density at radius 2 is 1.62 bits per heavy atom. The largest absolute Gasteiger partial charge is 0.342 e. The van der Waals surface area contributed by atoms with Gasteiger partial charge in [0, 0.05) is 25.2 Å². The van der Waals surface area contributed by atoms with Crippen molar-refractivity contribution >= 4 is 5.91 Å². The van der Waals surface area contributed by atoms with Crippen LogP contribution in [0.3, 0.4) is 0 Å². The van der Waals surface area contributed by atoms with Gasteiger partial charge in [0.15, 0.2) is 0 Å². The molecule has 1 heterocycles. The highest BCUT2D eigenvalue weighted by Crippen LogP contribution is 2.31. The second-order valence-electron chi connectivity index (χ2n) is 6.80. The maximum absolute atomic E-state index is 12.6. The monoisotopic (exact) mass is 295 g/mol. The molecule has 0 unspecified atom stereocenters. The lowest BCUT2D eigenvalue weighted by molar-refractivity contribution is -0.135. The third kappa shape index (κ3) is 4.19. The molecule has 0 bridgehead atoms. The molecule has 1 aliphatic carbocycles. The minimum Gasteiger partial charge on any atom is -0.342 e. The summed E-state index contributed by atoms with van der Waals surface area (Å²) in [7, 11) is 0.